The molecule has 18 heavy (non-hydrogen) atoms. The normalized spacial score (nSPS) is 12.1. The van der Waals surface area contributed by atoms with Crippen LogP contribution in [0, 0.1) is 0 Å². The smallest absolute Gasteiger partial charge is 0.123 e. The molecule has 94 valence electrons. The molecule has 0 aliphatic rings. The fourth-order valence-corrected chi connectivity index (χ4v) is 1.91. The summed E-state index contributed by atoms with van der Waals surface area (Å²) >= 11 is 0. The first-order chi connectivity index (χ1) is 8.81. The van der Waals surface area contributed by atoms with Crippen LogP contribution in [0.2, 0.25) is 0 Å². The van der Waals surface area contributed by atoms with Crippen molar-refractivity contribution in [3.05, 3.63) is 59.9 Å². The van der Waals surface area contributed by atoms with Crippen LogP contribution in [0.25, 0.3) is 0 Å². The Balaban J connectivity index is 2.01. The maximum atomic E-state index is 5.37. The minimum Gasteiger partial charge on any atom is -0.496 e. The molecule has 1 atom stereocenters. The second kappa shape index (κ2) is 6.17. The van der Waals surface area contributed by atoms with Gasteiger partial charge in [0.25, 0.3) is 0 Å². The fraction of sp³-hybridized carbons (Fsp3) is 0.267. The minimum absolute atomic E-state index is 0.245. The topological polar surface area (TPSA) is 34.1 Å². The molecular formula is C15H18N2O. The van der Waals surface area contributed by atoms with Gasteiger partial charge in [0.1, 0.15) is 5.75 Å². The van der Waals surface area contributed by atoms with Gasteiger partial charge in [0.2, 0.25) is 0 Å². The number of hydrogen-bond acceptors (Lipinski definition) is 3. The maximum absolute atomic E-state index is 5.37. The molecule has 0 radical (unpaired) electrons. The van der Waals surface area contributed by atoms with Gasteiger partial charge in [-0.05, 0) is 30.7 Å². The van der Waals surface area contributed by atoms with E-state index in [9.17, 15) is 0 Å². The number of methoxy groups -OCH3 is 1. The van der Waals surface area contributed by atoms with Crippen LogP contribution in [-0.2, 0) is 6.54 Å². The summed E-state index contributed by atoms with van der Waals surface area (Å²) in [5.41, 5.74) is 2.40. The molecule has 1 aromatic carbocycles. The molecule has 3 heteroatoms. The third-order valence-corrected chi connectivity index (χ3v) is 2.97. The van der Waals surface area contributed by atoms with Crippen LogP contribution in [0.15, 0.2) is 48.8 Å². The van der Waals surface area contributed by atoms with Gasteiger partial charge in [-0.2, -0.15) is 0 Å². The van der Waals surface area contributed by atoms with Crippen LogP contribution in [0.1, 0.15) is 24.1 Å². The van der Waals surface area contributed by atoms with E-state index in [1.807, 2.05) is 42.7 Å². The van der Waals surface area contributed by atoms with Crippen LogP contribution in [0.4, 0.5) is 0 Å². The first-order valence-corrected chi connectivity index (χ1v) is 6.06. The molecule has 2 rings (SSSR count). The van der Waals surface area contributed by atoms with Crippen molar-refractivity contribution in [2.75, 3.05) is 7.11 Å². The molecule has 0 saturated carbocycles. The number of nitrogens with zero attached hydrogens (tertiary/aromatic N) is 1. The van der Waals surface area contributed by atoms with E-state index in [1.54, 1.807) is 7.11 Å². The van der Waals surface area contributed by atoms with Crippen LogP contribution in [0.5, 0.6) is 5.75 Å². The highest BCUT2D eigenvalue weighted by Gasteiger charge is 2.09. The van der Waals surface area contributed by atoms with Crippen molar-refractivity contribution in [2.24, 2.45) is 0 Å². The van der Waals surface area contributed by atoms with E-state index in [0.29, 0.717) is 0 Å². The Morgan fingerprint density at radius 1 is 1.17 bits per heavy atom. The number of benzene rings is 1. The molecule has 0 unspecified atom stereocenters. The number of ether oxygens (including phenoxy) is 1. The minimum atomic E-state index is 0.245. The highest BCUT2D eigenvalue weighted by Crippen LogP contribution is 2.24. The monoisotopic (exact) mass is 242 g/mol. The Labute approximate surface area is 108 Å². The predicted molar refractivity (Wildman–Crippen MR) is 72.5 cm³/mol. The van der Waals surface area contributed by atoms with E-state index in [0.717, 1.165) is 12.3 Å². The Morgan fingerprint density at radius 3 is 2.61 bits per heavy atom. The summed E-state index contributed by atoms with van der Waals surface area (Å²) in [6, 6.07) is 12.4. The summed E-state index contributed by atoms with van der Waals surface area (Å²) in [6.07, 6.45) is 3.62. The van der Waals surface area contributed by atoms with E-state index >= 15 is 0 Å². The number of hydrogen-bond donors (Lipinski definition) is 1. The standard InChI is InChI=1S/C15H18N2O/c1-12(14-5-3-4-6-15(14)18-2)17-11-13-7-9-16-10-8-13/h3-10,12,17H,11H2,1-2H3/t12-/m1/s1. The number of rotatable bonds is 5. The zero-order valence-electron chi connectivity index (χ0n) is 10.8. The van der Waals surface area contributed by atoms with Crippen molar-refractivity contribution < 1.29 is 4.74 Å². The Morgan fingerprint density at radius 2 is 1.89 bits per heavy atom. The summed E-state index contributed by atoms with van der Waals surface area (Å²) in [6.45, 7) is 2.96. The van der Waals surface area contributed by atoms with E-state index in [-0.39, 0.29) is 6.04 Å². The van der Waals surface area contributed by atoms with Gasteiger partial charge in [-0.3, -0.25) is 4.98 Å². The van der Waals surface area contributed by atoms with Gasteiger partial charge in [-0.25, -0.2) is 0 Å². The lowest BCUT2D eigenvalue weighted by molar-refractivity contribution is 0.401. The summed E-state index contributed by atoms with van der Waals surface area (Å²) in [7, 11) is 1.70. The molecule has 0 aliphatic carbocycles. The summed E-state index contributed by atoms with van der Waals surface area (Å²) in [5.74, 6) is 0.923. The molecule has 1 aromatic heterocycles. The molecule has 0 fully saturated rings. The molecule has 0 saturated heterocycles. The van der Waals surface area contributed by atoms with Gasteiger partial charge in [0.05, 0.1) is 7.11 Å². The molecule has 1 N–H and O–H groups in total. The second-order valence-electron chi connectivity index (χ2n) is 4.20. The van der Waals surface area contributed by atoms with Crippen LogP contribution >= 0.6 is 0 Å². The Bertz CT molecular complexity index is 485. The van der Waals surface area contributed by atoms with Crippen molar-refractivity contribution in [1.82, 2.24) is 10.3 Å². The van der Waals surface area contributed by atoms with Gasteiger partial charge >= 0.3 is 0 Å². The Hall–Kier alpha value is -1.87. The van der Waals surface area contributed by atoms with Gasteiger partial charge in [-0.15, -0.1) is 0 Å². The molecule has 0 bridgehead atoms. The van der Waals surface area contributed by atoms with E-state index in [1.165, 1.54) is 11.1 Å². The second-order valence-corrected chi connectivity index (χ2v) is 4.20. The lowest BCUT2D eigenvalue weighted by Crippen LogP contribution is -2.18. The molecule has 0 aliphatic heterocycles. The lowest BCUT2D eigenvalue weighted by atomic mass is 10.1. The third-order valence-electron chi connectivity index (χ3n) is 2.97. The summed E-state index contributed by atoms with van der Waals surface area (Å²) in [5, 5.41) is 3.48. The highest BCUT2D eigenvalue weighted by atomic mass is 16.5. The van der Waals surface area contributed by atoms with Crippen molar-refractivity contribution >= 4 is 0 Å². The van der Waals surface area contributed by atoms with Gasteiger partial charge < -0.3 is 10.1 Å². The molecule has 2 aromatic rings. The van der Waals surface area contributed by atoms with Crippen molar-refractivity contribution in [3.8, 4) is 5.75 Å². The largest absolute Gasteiger partial charge is 0.496 e. The summed E-state index contributed by atoms with van der Waals surface area (Å²) in [4.78, 5) is 4.01. The van der Waals surface area contributed by atoms with Crippen molar-refractivity contribution in [1.29, 1.82) is 0 Å². The van der Waals surface area contributed by atoms with Crippen LogP contribution in [-0.4, -0.2) is 12.1 Å². The number of pyridine rings is 1. The zero-order chi connectivity index (χ0) is 12.8. The van der Waals surface area contributed by atoms with Crippen molar-refractivity contribution in [2.45, 2.75) is 19.5 Å². The molecule has 3 nitrogen and oxygen atoms in total. The fourth-order valence-electron chi connectivity index (χ4n) is 1.91. The number of aromatic nitrogens is 1. The lowest BCUT2D eigenvalue weighted by Gasteiger charge is -2.17. The van der Waals surface area contributed by atoms with E-state index < -0.39 is 0 Å². The van der Waals surface area contributed by atoms with Gasteiger partial charge in [0, 0.05) is 30.5 Å². The first kappa shape index (κ1) is 12.6. The SMILES string of the molecule is COc1ccccc1[C@@H](C)NCc1ccncc1. The maximum Gasteiger partial charge on any atom is 0.123 e. The van der Waals surface area contributed by atoms with Gasteiger partial charge in [-0.1, -0.05) is 18.2 Å². The summed E-state index contributed by atoms with van der Waals surface area (Å²) < 4.78 is 5.37. The molecule has 0 spiro atoms. The van der Waals surface area contributed by atoms with E-state index in [2.05, 4.69) is 23.3 Å². The third kappa shape index (κ3) is 3.08. The molecular weight excluding hydrogens is 224 g/mol. The van der Waals surface area contributed by atoms with E-state index in [4.69, 9.17) is 4.74 Å². The number of nitrogens with one attached hydrogen (secondary N) is 1. The average molecular weight is 242 g/mol. The molecule has 0 amide bonds. The average Bonchev–Trinajstić information content (AvgIpc) is 2.45. The zero-order valence-corrected chi connectivity index (χ0v) is 10.8. The first-order valence-electron chi connectivity index (χ1n) is 6.06. The van der Waals surface area contributed by atoms with Crippen LogP contribution in [0.3, 0.4) is 0 Å². The number of para-hydroxylation sites is 1. The highest BCUT2D eigenvalue weighted by molar-refractivity contribution is 5.35. The predicted octanol–water partition coefficient (Wildman–Crippen LogP) is 2.94. The van der Waals surface area contributed by atoms with Gasteiger partial charge in [0.15, 0.2) is 0 Å². The van der Waals surface area contributed by atoms with Crippen molar-refractivity contribution in [3.63, 3.8) is 0 Å². The van der Waals surface area contributed by atoms with Crippen LogP contribution < -0.4 is 10.1 Å². The Kier molecular flexibility index (Phi) is 4.31. The molecule has 1 heterocycles. The quantitative estimate of drug-likeness (QED) is 0.875.